The first-order chi connectivity index (χ1) is 14.6. The number of carbonyl (C=O) groups is 1. The fourth-order valence-electron chi connectivity index (χ4n) is 2.77. The van der Waals surface area contributed by atoms with Crippen LogP contribution in [-0.4, -0.2) is 31.2 Å². The summed E-state index contributed by atoms with van der Waals surface area (Å²) in [6, 6.07) is 12.7. The molecule has 0 aliphatic rings. The smallest absolute Gasteiger partial charge is 0.306 e. The summed E-state index contributed by atoms with van der Waals surface area (Å²) in [6.07, 6.45) is 1.29. The van der Waals surface area contributed by atoms with Crippen LogP contribution < -0.4 is 0 Å². The van der Waals surface area contributed by atoms with Gasteiger partial charge in [-0.25, -0.2) is 13.8 Å². The van der Waals surface area contributed by atoms with Crippen LogP contribution in [0.1, 0.15) is 18.1 Å². The summed E-state index contributed by atoms with van der Waals surface area (Å²) < 4.78 is 39.7. The number of nitrogens with zero attached hydrogens (tertiary/aromatic N) is 5. The minimum absolute atomic E-state index is 0.0351. The van der Waals surface area contributed by atoms with Crippen LogP contribution >= 0.6 is 0 Å². The van der Waals surface area contributed by atoms with Gasteiger partial charge in [0.05, 0.1) is 23.9 Å². The molecule has 0 spiro atoms. The predicted molar refractivity (Wildman–Crippen MR) is 99.1 cm³/mol. The van der Waals surface area contributed by atoms with Crippen LogP contribution in [0.5, 0.6) is 0 Å². The number of para-hydroxylation sites is 1. The van der Waals surface area contributed by atoms with Crippen molar-refractivity contribution in [2.45, 2.75) is 19.4 Å². The zero-order chi connectivity index (χ0) is 20.9. The maximum atomic E-state index is 13.8. The molecule has 0 aliphatic carbocycles. The van der Waals surface area contributed by atoms with E-state index in [1.54, 1.807) is 0 Å². The molecule has 4 rings (SSSR count). The second kappa shape index (κ2) is 8.60. The van der Waals surface area contributed by atoms with Crippen molar-refractivity contribution in [1.29, 1.82) is 0 Å². The first kappa shape index (κ1) is 19.4. The molecule has 0 aliphatic heterocycles. The van der Waals surface area contributed by atoms with Crippen LogP contribution in [-0.2, 0) is 22.6 Å². The van der Waals surface area contributed by atoms with Crippen molar-refractivity contribution in [1.82, 2.24) is 25.2 Å². The molecule has 0 N–H and O–H groups in total. The maximum absolute atomic E-state index is 13.8. The molecule has 152 valence electrons. The molecular formula is C20H15F2N5O3. The van der Waals surface area contributed by atoms with Gasteiger partial charge < -0.3 is 9.15 Å². The number of ether oxygens (including phenoxy) is 1. The van der Waals surface area contributed by atoms with Gasteiger partial charge in [-0.1, -0.05) is 24.3 Å². The first-order valence-electron chi connectivity index (χ1n) is 8.99. The molecule has 2 heterocycles. The van der Waals surface area contributed by atoms with Crippen LogP contribution in [0.15, 0.2) is 59.1 Å². The maximum Gasteiger partial charge on any atom is 0.306 e. The van der Waals surface area contributed by atoms with E-state index in [-0.39, 0.29) is 36.7 Å². The number of esters is 1. The van der Waals surface area contributed by atoms with Crippen LogP contribution in [0.2, 0.25) is 0 Å². The molecule has 2 aromatic heterocycles. The Morgan fingerprint density at radius 2 is 1.83 bits per heavy atom. The lowest BCUT2D eigenvalue weighted by Crippen LogP contribution is -2.10. The average Bonchev–Trinajstić information content (AvgIpc) is 3.41. The lowest BCUT2D eigenvalue weighted by atomic mass is 10.1. The van der Waals surface area contributed by atoms with Gasteiger partial charge >= 0.3 is 5.97 Å². The molecule has 4 aromatic rings. The van der Waals surface area contributed by atoms with Gasteiger partial charge in [0.1, 0.15) is 11.6 Å². The highest BCUT2D eigenvalue weighted by molar-refractivity contribution is 5.69. The summed E-state index contributed by atoms with van der Waals surface area (Å²) in [5, 5.41) is 11.3. The summed E-state index contributed by atoms with van der Waals surface area (Å²) in [5.41, 5.74) is 0.438. The highest BCUT2D eigenvalue weighted by Gasteiger charge is 2.17. The summed E-state index contributed by atoms with van der Waals surface area (Å²) in [5.74, 6) is -1.55. The van der Waals surface area contributed by atoms with E-state index in [2.05, 4.69) is 20.5 Å². The number of hydrogen-bond donors (Lipinski definition) is 0. The van der Waals surface area contributed by atoms with Crippen molar-refractivity contribution in [3.8, 4) is 17.0 Å². The summed E-state index contributed by atoms with van der Waals surface area (Å²) >= 11 is 0. The third kappa shape index (κ3) is 4.22. The minimum Gasteiger partial charge on any atom is -0.457 e. The monoisotopic (exact) mass is 411 g/mol. The molecule has 0 atom stereocenters. The SMILES string of the molecule is O=C(CCc1ncc(-c2c(F)cccc2F)o1)OCc1nnnn1-c1ccccc1. The number of rotatable bonds is 7. The van der Waals surface area contributed by atoms with E-state index < -0.39 is 17.6 Å². The van der Waals surface area contributed by atoms with Crippen molar-refractivity contribution < 1.29 is 22.7 Å². The molecule has 0 radical (unpaired) electrons. The van der Waals surface area contributed by atoms with E-state index in [1.165, 1.54) is 16.9 Å². The average molecular weight is 411 g/mol. The Bertz CT molecular complexity index is 1140. The number of halogens is 2. The van der Waals surface area contributed by atoms with Crippen molar-refractivity contribution in [3.05, 3.63) is 78.1 Å². The molecule has 10 heteroatoms. The van der Waals surface area contributed by atoms with Crippen molar-refractivity contribution in [3.63, 3.8) is 0 Å². The summed E-state index contributed by atoms with van der Waals surface area (Å²) in [6.45, 7) is -0.113. The zero-order valence-electron chi connectivity index (χ0n) is 15.5. The standard InChI is InChI=1S/C20H15F2N5O3/c21-14-7-4-8-15(22)20(14)16-11-23-18(30-16)9-10-19(28)29-12-17-24-25-26-27(17)13-5-2-1-3-6-13/h1-8,11H,9-10,12H2. The van der Waals surface area contributed by atoms with Crippen LogP contribution in [0.25, 0.3) is 17.0 Å². The van der Waals surface area contributed by atoms with Gasteiger partial charge in [0.2, 0.25) is 0 Å². The van der Waals surface area contributed by atoms with Gasteiger partial charge in [-0.15, -0.1) is 5.10 Å². The molecule has 0 bridgehead atoms. The molecule has 0 unspecified atom stereocenters. The van der Waals surface area contributed by atoms with Crippen LogP contribution in [0.4, 0.5) is 8.78 Å². The number of carbonyl (C=O) groups excluding carboxylic acids is 1. The van der Waals surface area contributed by atoms with E-state index in [0.29, 0.717) is 5.82 Å². The Kier molecular flexibility index (Phi) is 5.55. The van der Waals surface area contributed by atoms with Gasteiger partial charge in [-0.3, -0.25) is 4.79 Å². The molecule has 2 aromatic carbocycles. The molecule has 0 fully saturated rings. The van der Waals surface area contributed by atoms with E-state index in [0.717, 1.165) is 17.8 Å². The number of hydrogen-bond acceptors (Lipinski definition) is 7. The normalized spacial score (nSPS) is 10.9. The van der Waals surface area contributed by atoms with Gasteiger partial charge in [-0.05, 0) is 34.7 Å². The number of aryl methyl sites for hydroxylation is 1. The number of benzene rings is 2. The lowest BCUT2D eigenvalue weighted by molar-refractivity contribution is -0.145. The van der Waals surface area contributed by atoms with Gasteiger partial charge in [0.25, 0.3) is 0 Å². The third-order valence-electron chi connectivity index (χ3n) is 4.20. The lowest BCUT2D eigenvalue weighted by Gasteiger charge is -2.05. The highest BCUT2D eigenvalue weighted by atomic mass is 19.1. The second-order valence-corrected chi connectivity index (χ2v) is 6.22. The van der Waals surface area contributed by atoms with Crippen molar-refractivity contribution in [2.24, 2.45) is 0 Å². The largest absolute Gasteiger partial charge is 0.457 e. The van der Waals surface area contributed by atoms with E-state index in [4.69, 9.17) is 9.15 Å². The predicted octanol–water partition coefficient (Wildman–Crippen LogP) is 3.27. The summed E-state index contributed by atoms with van der Waals surface area (Å²) in [4.78, 5) is 16.0. The Labute approximate surface area is 169 Å². The van der Waals surface area contributed by atoms with E-state index >= 15 is 0 Å². The molecule has 0 saturated heterocycles. The van der Waals surface area contributed by atoms with Crippen LogP contribution in [0, 0.1) is 11.6 Å². The molecule has 8 nitrogen and oxygen atoms in total. The number of tetrazole rings is 1. The second-order valence-electron chi connectivity index (χ2n) is 6.22. The fraction of sp³-hybridized carbons (Fsp3) is 0.150. The Balaban J connectivity index is 1.34. The van der Waals surface area contributed by atoms with Crippen molar-refractivity contribution in [2.75, 3.05) is 0 Å². The zero-order valence-corrected chi connectivity index (χ0v) is 15.5. The highest BCUT2D eigenvalue weighted by Crippen LogP contribution is 2.26. The molecule has 0 amide bonds. The number of oxazole rings is 1. The minimum atomic E-state index is -0.756. The third-order valence-corrected chi connectivity index (χ3v) is 4.20. The molecule has 0 saturated carbocycles. The molecular weight excluding hydrogens is 396 g/mol. The molecule has 30 heavy (non-hydrogen) atoms. The fourth-order valence-corrected chi connectivity index (χ4v) is 2.77. The Morgan fingerprint density at radius 3 is 2.60 bits per heavy atom. The van der Waals surface area contributed by atoms with Crippen LogP contribution in [0.3, 0.4) is 0 Å². The topological polar surface area (TPSA) is 95.9 Å². The summed E-state index contributed by atoms with van der Waals surface area (Å²) in [7, 11) is 0. The Hall–Kier alpha value is -3.95. The van der Waals surface area contributed by atoms with E-state index in [9.17, 15) is 13.6 Å². The Morgan fingerprint density at radius 1 is 1.07 bits per heavy atom. The quantitative estimate of drug-likeness (QED) is 0.431. The van der Waals surface area contributed by atoms with Gasteiger partial charge in [0.15, 0.2) is 24.1 Å². The van der Waals surface area contributed by atoms with E-state index in [1.807, 2.05) is 30.3 Å². The van der Waals surface area contributed by atoms with Gasteiger partial charge in [0, 0.05) is 6.42 Å². The first-order valence-corrected chi connectivity index (χ1v) is 8.99. The van der Waals surface area contributed by atoms with Crippen molar-refractivity contribution >= 4 is 5.97 Å². The van der Waals surface area contributed by atoms with Gasteiger partial charge in [-0.2, -0.15) is 4.68 Å². The number of aromatic nitrogens is 5.